The minimum absolute atomic E-state index is 0.101. The topological polar surface area (TPSA) is 81.6 Å². The highest BCUT2D eigenvalue weighted by Crippen LogP contribution is 2.39. The zero-order valence-electron chi connectivity index (χ0n) is 16.1. The first-order valence-corrected chi connectivity index (χ1v) is 9.91. The number of aromatic nitrogens is 6. The van der Waals surface area contributed by atoms with Crippen LogP contribution in [0.1, 0.15) is 24.1 Å². The fourth-order valence-electron chi connectivity index (χ4n) is 3.36. The van der Waals surface area contributed by atoms with Crippen molar-refractivity contribution in [3.05, 3.63) is 88.2 Å². The second kappa shape index (κ2) is 8.33. The van der Waals surface area contributed by atoms with Crippen LogP contribution in [0.2, 0.25) is 10.0 Å². The number of aliphatic hydroxyl groups is 1. The van der Waals surface area contributed by atoms with Gasteiger partial charge in [-0.1, -0.05) is 41.4 Å². The van der Waals surface area contributed by atoms with E-state index in [1.807, 2.05) is 0 Å². The Balaban J connectivity index is 1.76. The minimum Gasteiger partial charge on any atom is -0.382 e. The summed E-state index contributed by atoms with van der Waals surface area (Å²) < 4.78 is 31.0. The second-order valence-corrected chi connectivity index (χ2v) is 7.89. The Bertz CT molecular complexity index is 1220. The van der Waals surface area contributed by atoms with Gasteiger partial charge in [0.15, 0.2) is 0 Å². The van der Waals surface area contributed by atoms with E-state index in [0.717, 1.165) is 12.1 Å². The van der Waals surface area contributed by atoms with Crippen molar-refractivity contribution in [2.45, 2.75) is 25.0 Å². The number of rotatable bonds is 6. The van der Waals surface area contributed by atoms with Crippen LogP contribution in [0, 0.1) is 11.6 Å². The molecule has 2 atom stereocenters. The van der Waals surface area contributed by atoms with E-state index < -0.39 is 23.2 Å². The molecule has 0 amide bonds. The van der Waals surface area contributed by atoms with Gasteiger partial charge >= 0.3 is 0 Å². The molecule has 160 valence electrons. The first-order chi connectivity index (χ1) is 14.8. The van der Waals surface area contributed by atoms with Crippen molar-refractivity contribution < 1.29 is 13.9 Å². The standard InChI is InChI=1S/C20H16Cl2F2N6O/c1-12(18-8-30(28-27-18)19-5-2-13(21)6-16(19)22)20(31,9-29-11-25-10-26-29)15-4-3-14(23)7-17(15)24/h2-8,10-12,31H,9H2,1H3/t12-,20+/m0/s1. The molecule has 0 aliphatic carbocycles. The highest BCUT2D eigenvalue weighted by molar-refractivity contribution is 6.35. The van der Waals surface area contributed by atoms with Gasteiger partial charge in [0.05, 0.1) is 29.1 Å². The molecule has 0 fully saturated rings. The molecule has 0 spiro atoms. The molecule has 7 nitrogen and oxygen atoms in total. The van der Waals surface area contributed by atoms with E-state index in [1.165, 1.54) is 28.1 Å². The van der Waals surface area contributed by atoms with Gasteiger partial charge in [-0.2, -0.15) is 5.10 Å². The molecule has 2 aromatic carbocycles. The molecular formula is C20H16Cl2F2N6O. The minimum atomic E-state index is -1.84. The van der Waals surface area contributed by atoms with Gasteiger partial charge in [0.2, 0.25) is 0 Å². The first kappa shape index (κ1) is 21.4. The van der Waals surface area contributed by atoms with Crippen LogP contribution < -0.4 is 0 Å². The summed E-state index contributed by atoms with van der Waals surface area (Å²) in [4.78, 5) is 3.86. The summed E-state index contributed by atoms with van der Waals surface area (Å²) in [6, 6.07) is 7.91. The summed E-state index contributed by atoms with van der Waals surface area (Å²) >= 11 is 12.2. The maximum atomic E-state index is 14.7. The number of halogens is 4. The highest BCUT2D eigenvalue weighted by Gasteiger charge is 2.41. The van der Waals surface area contributed by atoms with E-state index >= 15 is 0 Å². The van der Waals surface area contributed by atoms with Crippen LogP contribution in [0.25, 0.3) is 5.69 Å². The molecular weight excluding hydrogens is 449 g/mol. The van der Waals surface area contributed by atoms with E-state index in [9.17, 15) is 13.9 Å². The van der Waals surface area contributed by atoms with Crippen LogP contribution in [0.5, 0.6) is 0 Å². The number of nitrogens with zero attached hydrogens (tertiary/aromatic N) is 6. The number of hydrogen-bond acceptors (Lipinski definition) is 5. The fourth-order valence-corrected chi connectivity index (χ4v) is 3.86. The van der Waals surface area contributed by atoms with Crippen molar-refractivity contribution >= 4 is 23.2 Å². The van der Waals surface area contributed by atoms with Crippen LogP contribution >= 0.6 is 23.2 Å². The average Bonchev–Trinajstić information content (AvgIpc) is 3.39. The van der Waals surface area contributed by atoms with Gasteiger partial charge < -0.3 is 5.11 Å². The van der Waals surface area contributed by atoms with E-state index in [-0.39, 0.29) is 12.1 Å². The third-order valence-corrected chi connectivity index (χ3v) is 5.63. The quantitative estimate of drug-likeness (QED) is 0.463. The fraction of sp³-hybridized carbons (Fsp3) is 0.200. The lowest BCUT2D eigenvalue weighted by Crippen LogP contribution is -2.38. The lowest BCUT2D eigenvalue weighted by Gasteiger charge is -2.33. The Morgan fingerprint density at radius 2 is 1.97 bits per heavy atom. The molecule has 2 aromatic heterocycles. The predicted octanol–water partition coefficient (Wildman–Crippen LogP) is 4.14. The molecule has 0 aliphatic heterocycles. The van der Waals surface area contributed by atoms with E-state index in [4.69, 9.17) is 23.2 Å². The molecule has 2 heterocycles. The predicted molar refractivity (Wildman–Crippen MR) is 110 cm³/mol. The van der Waals surface area contributed by atoms with Gasteiger partial charge in [0, 0.05) is 22.6 Å². The van der Waals surface area contributed by atoms with Crippen molar-refractivity contribution in [3.63, 3.8) is 0 Å². The van der Waals surface area contributed by atoms with E-state index in [2.05, 4.69) is 20.4 Å². The summed E-state index contributed by atoms with van der Waals surface area (Å²) in [7, 11) is 0. The Kier molecular flexibility index (Phi) is 5.74. The van der Waals surface area contributed by atoms with Crippen LogP contribution in [0.15, 0.2) is 55.2 Å². The molecule has 31 heavy (non-hydrogen) atoms. The average molecular weight is 465 g/mol. The molecule has 0 saturated heterocycles. The van der Waals surface area contributed by atoms with Crippen LogP contribution in [0.4, 0.5) is 8.78 Å². The van der Waals surface area contributed by atoms with Gasteiger partial charge in [0.25, 0.3) is 0 Å². The molecule has 0 radical (unpaired) electrons. The third-order valence-electron chi connectivity index (χ3n) is 5.09. The Morgan fingerprint density at radius 3 is 2.65 bits per heavy atom. The molecule has 11 heteroatoms. The molecule has 0 bridgehead atoms. The van der Waals surface area contributed by atoms with Crippen molar-refractivity contribution in [2.75, 3.05) is 0 Å². The van der Waals surface area contributed by atoms with Crippen molar-refractivity contribution in [3.8, 4) is 5.69 Å². The van der Waals surface area contributed by atoms with E-state index in [1.54, 1.807) is 31.3 Å². The van der Waals surface area contributed by atoms with Gasteiger partial charge in [-0.3, -0.25) is 0 Å². The van der Waals surface area contributed by atoms with Crippen molar-refractivity contribution in [1.29, 1.82) is 0 Å². The highest BCUT2D eigenvalue weighted by atomic mass is 35.5. The Morgan fingerprint density at radius 1 is 1.16 bits per heavy atom. The summed E-state index contributed by atoms with van der Waals surface area (Å²) in [6.45, 7) is 1.52. The smallest absolute Gasteiger partial charge is 0.137 e. The number of hydrogen-bond donors (Lipinski definition) is 1. The summed E-state index contributed by atoms with van der Waals surface area (Å²) in [5.41, 5.74) is -1.05. The zero-order chi connectivity index (χ0) is 22.2. The van der Waals surface area contributed by atoms with Crippen LogP contribution in [-0.2, 0) is 12.1 Å². The second-order valence-electron chi connectivity index (χ2n) is 7.05. The normalized spacial score (nSPS) is 14.4. The van der Waals surface area contributed by atoms with Gasteiger partial charge in [-0.05, 0) is 24.3 Å². The summed E-state index contributed by atoms with van der Waals surface area (Å²) in [5, 5.41) is 24.7. The van der Waals surface area contributed by atoms with Crippen molar-refractivity contribution in [1.82, 2.24) is 29.8 Å². The first-order valence-electron chi connectivity index (χ1n) is 9.16. The van der Waals surface area contributed by atoms with E-state index in [0.29, 0.717) is 21.4 Å². The summed E-state index contributed by atoms with van der Waals surface area (Å²) in [5.74, 6) is -2.40. The number of benzene rings is 2. The van der Waals surface area contributed by atoms with Crippen LogP contribution in [0.3, 0.4) is 0 Å². The summed E-state index contributed by atoms with van der Waals surface area (Å²) in [6.07, 6.45) is 4.27. The monoisotopic (exact) mass is 464 g/mol. The molecule has 1 N–H and O–H groups in total. The maximum absolute atomic E-state index is 14.7. The maximum Gasteiger partial charge on any atom is 0.137 e. The van der Waals surface area contributed by atoms with Gasteiger partial charge in [0.1, 0.15) is 29.9 Å². The van der Waals surface area contributed by atoms with Crippen molar-refractivity contribution in [2.24, 2.45) is 0 Å². The van der Waals surface area contributed by atoms with Gasteiger partial charge in [-0.25, -0.2) is 23.1 Å². The zero-order valence-corrected chi connectivity index (χ0v) is 17.6. The lowest BCUT2D eigenvalue weighted by molar-refractivity contribution is -0.0123. The molecule has 0 unspecified atom stereocenters. The molecule has 4 aromatic rings. The molecule has 0 saturated carbocycles. The Hall–Kier alpha value is -2.88. The third kappa shape index (κ3) is 4.16. The van der Waals surface area contributed by atoms with Gasteiger partial charge in [-0.15, -0.1) is 5.10 Å². The SMILES string of the molecule is C[C@@H](c1cn(-c2ccc(Cl)cc2Cl)nn1)[C@](O)(Cn1cncn1)c1ccc(F)cc1F. The Labute approximate surface area is 185 Å². The lowest BCUT2D eigenvalue weighted by atomic mass is 9.80. The molecule has 4 rings (SSSR count). The molecule has 0 aliphatic rings. The largest absolute Gasteiger partial charge is 0.382 e. The van der Waals surface area contributed by atoms with Crippen LogP contribution in [-0.4, -0.2) is 34.9 Å².